The molecule has 1 aromatic carbocycles. The molecule has 2 rings (SSSR count). The molecule has 0 atom stereocenters. The lowest BCUT2D eigenvalue weighted by Gasteiger charge is -2.10. The number of aromatic nitrogens is 2. The van der Waals surface area contributed by atoms with Gasteiger partial charge in [-0.05, 0) is 25.7 Å². The van der Waals surface area contributed by atoms with Gasteiger partial charge in [0.1, 0.15) is 0 Å². The van der Waals surface area contributed by atoms with Crippen molar-refractivity contribution < 1.29 is 4.79 Å². The summed E-state index contributed by atoms with van der Waals surface area (Å²) in [7, 11) is 3.99. The van der Waals surface area contributed by atoms with E-state index >= 15 is 0 Å². The molecule has 0 aliphatic carbocycles. The fourth-order valence-corrected chi connectivity index (χ4v) is 2.05. The van der Waals surface area contributed by atoms with Crippen molar-refractivity contribution in [2.24, 2.45) is 0 Å². The average molecular weight is 334 g/mol. The SMILES string of the molecule is CN(C)CCNc1ncc(C(=O)NCc2ccccc2Cl)cn1. The van der Waals surface area contributed by atoms with Crippen molar-refractivity contribution in [2.75, 3.05) is 32.5 Å². The maximum atomic E-state index is 12.1. The van der Waals surface area contributed by atoms with Gasteiger partial charge in [-0.2, -0.15) is 0 Å². The minimum Gasteiger partial charge on any atom is -0.353 e. The molecule has 0 saturated carbocycles. The third-order valence-electron chi connectivity index (χ3n) is 3.15. The van der Waals surface area contributed by atoms with Crippen molar-refractivity contribution in [3.05, 3.63) is 52.8 Å². The van der Waals surface area contributed by atoms with Crippen molar-refractivity contribution in [3.8, 4) is 0 Å². The van der Waals surface area contributed by atoms with Crippen molar-refractivity contribution in [1.29, 1.82) is 0 Å². The number of halogens is 1. The maximum Gasteiger partial charge on any atom is 0.254 e. The number of nitrogens with zero attached hydrogens (tertiary/aromatic N) is 3. The Hall–Kier alpha value is -2.18. The molecule has 1 aromatic heterocycles. The van der Waals surface area contributed by atoms with E-state index in [9.17, 15) is 4.79 Å². The van der Waals surface area contributed by atoms with E-state index < -0.39 is 0 Å². The fraction of sp³-hybridized carbons (Fsp3) is 0.312. The van der Waals surface area contributed by atoms with Gasteiger partial charge in [-0.1, -0.05) is 29.8 Å². The van der Waals surface area contributed by atoms with Gasteiger partial charge in [0, 0.05) is 37.1 Å². The first-order valence-corrected chi connectivity index (χ1v) is 7.66. The van der Waals surface area contributed by atoms with Crippen LogP contribution in [0.25, 0.3) is 0 Å². The Morgan fingerprint density at radius 3 is 2.57 bits per heavy atom. The Balaban J connectivity index is 1.86. The third-order valence-corrected chi connectivity index (χ3v) is 3.52. The number of rotatable bonds is 7. The molecule has 0 spiro atoms. The van der Waals surface area contributed by atoms with E-state index in [1.54, 1.807) is 6.07 Å². The smallest absolute Gasteiger partial charge is 0.254 e. The largest absolute Gasteiger partial charge is 0.353 e. The number of hydrogen-bond donors (Lipinski definition) is 2. The molecule has 6 nitrogen and oxygen atoms in total. The average Bonchev–Trinajstić information content (AvgIpc) is 2.54. The van der Waals surface area contributed by atoms with Crippen molar-refractivity contribution >= 4 is 23.5 Å². The summed E-state index contributed by atoms with van der Waals surface area (Å²) < 4.78 is 0. The standard InChI is InChI=1S/C16H20ClN5O/c1-22(2)8-7-18-16-20-10-13(11-21-16)15(23)19-9-12-5-3-4-6-14(12)17/h3-6,10-11H,7-9H2,1-2H3,(H,19,23)(H,18,20,21). The number of anilines is 1. The Morgan fingerprint density at radius 2 is 1.91 bits per heavy atom. The first kappa shape index (κ1) is 17.2. The van der Waals surface area contributed by atoms with Crippen LogP contribution in [0.3, 0.4) is 0 Å². The summed E-state index contributed by atoms with van der Waals surface area (Å²) in [5.74, 6) is 0.277. The van der Waals surface area contributed by atoms with Crippen molar-refractivity contribution in [2.45, 2.75) is 6.54 Å². The van der Waals surface area contributed by atoms with Crippen LogP contribution in [0.5, 0.6) is 0 Å². The molecular weight excluding hydrogens is 314 g/mol. The van der Waals surface area contributed by atoms with Gasteiger partial charge in [-0.25, -0.2) is 9.97 Å². The molecule has 0 radical (unpaired) electrons. The van der Waals surface area contributed by atoms with Gasteiger partial charge in [-0.3, -0.25) is 4.79 Å². The number of carbonyl (C=O) groups is 1. The second-order valence-electron chi connectivity index (χ2n) is 5.30. The van der Waals surface area contributed by atoms with E-state index in [-0.39, 0.29) is 5.91 Å². The molecule has 2 aromatic rings. The van der Waals surface area contributed by atoms with Crippen LogP contribution in [0.2, 0.25) is 5.02 Å². The molecule has 0 bridgehead atoms. The highest BCUT2D eigenvalue weighted by Gasteiger charge is 2.08. The second-order valence-corrected chi connectivity index (χ2v) is 5.71. The lowest BCUT2D eigenvalue weighted by molar-refractivity contribution is 0.0950. The van der Waals surface area contributed by atoms with Crippen LogP contribution in [0, 0.1) is 0 Å². The van der Waals surface area contributed by atoms with Crippen LogP contribution in [0.4, 0.5) is 5.95 Å². The van der Waals surface area contributed by atoms with Gasteiger partial charge in [0.15, 0.2) is 0 Å². The maximum absolute atomic E-state index is 12.1. The van der Waals surface area contributed by atoms with Gasteiger partial charge < -0.3 is 15.5 Å². The van der Waals surface area contributed by atoms with Gasteiger partial charge >= 0.3 is 0 Å². The fourth-order valence-electron chi connectivity index (χ4n) is 1.85. The zero-order valence-corrected chi connectivity index (χ0v) is 14.0. The first-order valence-electron chi connectivity index (χ1n) is 7.28. The number of nitrogens with one attached hydrogen (secondary N) is 2. The topological polar surface area (TPSA) is 70.2 Å². The highest BCUT2D eigenvalue weighted by Crippen LogP contribution is 2.14. The van der Waals surface area contributed by atoms with Crippen molar-refractivity contribution in [3.63, 3.8) is 0 Å². The normalized spacial score (nSPS) is 10.6. The predicted octanol–water partition coefficient (Wildman–Crippen LogP) is 2.03. The van der Waals surface area contributed by atoms with Crippen LogP contribution in [-0.2, 0) is 6.54 Å². The molecule has 0 fully saturated rings. The molecule has 2 N–H and O–H groups in total. The van der Waals surface area contributed by atoms with Crippen LogP contribution >= 0.6 is 11.6 Å². The highest BCUT2D eigenvalue weighted by molar-refractivity contribution is 6.31. The lowest BCUT2D eigenvalue weighted by atomic mass is 10.2. The Morgan fingerprint density at radius 1 is 1.22 bits per heavy atom. The molecule has 0 aliphatic heterocycles. The van der Waals surface area contributed by atoms with E-state index in [0.717, 1.165) is 18.7 Å². The molecule has 23 heavy (non-hydrogen) atoms. The van der Waals surface area contributed by atoms with E-state index in [2.05, 4.69) is 25.5 Å². The van der Waals surface area contributed by atoms with Crippen LogP contribution in [-0.4, -0.2) is 48.0 Å². The summed E-state index contributed by atoms with van der Waals surface area (Å²) in [6, 6.07) is 7.39. The first-order chi connectivity index (χ1) is 11.1. The molecule has 1 heterocycles. The van der Waals surface area contributed by atoms with E-state index in [0.29, 0.717) is 23.1 Å². The molecule has 122 valence electrons. The predicted molar refractivity (Wildman–Crippen MR) is 91.7 cm³/mol. The molecule has 0 unspecified atom stereocenters. The second kappa shape index (κ2) is 8.45. The number of carbonyl (C=O) groups excluding carboxylic acids is 1. The molecular formula is C16H20ClN5O. The van der Waals surface area contributed by atoms with Gasteiger partial charge in [0.25, 0.3) is 5.91 Å². The zero-order valence-electron chi connectivity index (χ0n) is 13.2. The molecule has 1 amide bonds. The Labute approximate surface area is 140 Å². The number of hydrogen-bond acceptors (Lipinski definition) is 5. The Bertz CT molecular complexity index is 645. The van der Waals surface area contributed by atoms with Gasteiger partial charge in [0.2, 0.25) is 5.95 Å². The summed E-state index contributed by atoms with van der Waals surface area (Å²) in [4.78, 5) is 22.4. The van der Waals surface area contributed by atoms with E-state index in [1.165, 1.54) is 12.4 Å². The van der Waals surface area contributed by atoms with Gasteiger partial charge in [-0.15, -0.1) is 0 Å². The van der Waals surface area contributed by atoms with Crippen molar-refractivity contribution in [1.82, 2.24) is 20.2 Å². The van der Waals surface area contributed by atoms with Crippen LogP contribution in [0.1, 0.15) is 15.9 Å². The third kappa shape index (κ3) is 5.50. The summed E-state index contributed by atoms with van der Waals surface area (Å²) in [5, 5.41) is 6.53. The summed E-state index contributed by atoms with van der Waals surface area (Å²) in [6.07, 6.45) is 3.01. The highest BCUT2D eigenvalue weighted by atomic mass is 35.5. The number of benzene rings is 1. The molecule has 0 saturated heterocycles. The summed E-state index contributed by atoms with van der Waals surface area (Å²) in [5.41, 5.74) is 1.28. The van der Waals surface area contributed by atoms with E-state index in [1.807, 2.05) is 32.3 Å². The van der Waals surface area contributed by atoms with E-state index in [4.69, 9.17) is 11.6 Å². The zero-order chi connectivity index (χ0) is 16.7. The lowest BCUT2D eigenvalue weighted by Crippen LogP contribution is -2.24. The minimum absolute atomic E-state index is 0.232. The number of likely N-dealkylation sites (N-methyl/N-ethyl adjacent to an activating group) is 1. The quantitative estimate of drug-likeness (QED) is 0.811. The van der Waals surface area contributed by atoms with Crippen LogP contribution in [0.15, 0.2) is 36.7 Å². The molecule has 7 heteroatoms. The molecule has 0 aliphatic rings. The van der Waals surface area contributed by atoms with Crippen LogP contribution < -0.4 is 10.6 Å². The number of amides is 1. The monoisotopic (exact) mass is 333 g/mol. The van der Waals surface area contributed by atoms with Gasteiger partial charge in [0.05, 0.1) is 5.56 Å². The Kier molecular flexibility index (Phi) is 6.31. The summed E-state index contributed by atoms with van der Waals surface area (Å²) >= 11 is 6.06. The summed E-state index contributed by atoms with van der Waals surface area (Å²) in [6.45, 7) is 1.98. The minimum atomic E-state index is -0.232.